The third-order valence-electron chi connectivity index (χ3n) is 7.14. The van der Waals surface area contributed by atoms with Gasteiger partial charge >= 0.3 is 5.97 Å². The quantitative estimate of drug-likeness (QED) is 0.272. The van der Waals surface area contributed by atoms with E-state index in [9.17, 15) is 19.2 Å². The van der Waals surface area contributed by atoms with Gasteiger partial charge in [-0.2, -0.15) is 11.8 Å². The first kappa shape index (κ1) is 28.1. The van der Waals surface area contributed by atoms with Crippen molar-refractivity contribution in [2.75, 3.05) is 30.5 Å². The van der Waals surface area contributed by atoms with Crippen LogP contribution in [0.4, 0.5) is 5.00 Å². The Kier molecular flexibility index (Phi) is 8.68. The van der Waals surface area contributed by atoms with Gasteiger partial charge in [0.2, 0.25) is 5.91 Å². The highest BCUT2D eigenvalue weighted by atomic mass is 32.2. The lowest BCUT2D eigenvalue weighted by Gasteiger charge is -2.27. The van der Waals surface area contributed by atoms with Crippen molar-refractivity contribution in [1.82, 2.24) is 9.80 Å². The summed E-state index contributed by atoms with van der Waals surface area (Å²) in [5.41, 5.74) is 3.07. The number of nitrogens with zero attached hydrogens (tertiary/aromatic N) is 2. The molecule has 3 heterocycles. The number of hydrogen-bond donors (Lipinski definition) is 1. The van der Waals surface area contributed by atoms with Crippen LogP contribution in [0.3, 0.4) is 0 Å². The van der Waals surface area contributed by atoms with E-state index in [2.05, 4.69) is 22.3 Å². The number of carbonyl (C=O) groups is 4. The number of hydrogen-bond acceptors (Lipinski definition) is 8. The predicted molar refractivity (Wildman–Crippen MR) is 157 cm³/mol. The minimum absolute atomic E-state index is 0.211. The molecule has 0 radical (unpaired) electrons. The van der Waals surface area contributed by atoms with Crippen LogP contribution in [0.5, 0.6) is 0 Å². The number of fused-ring (bicyclic) bond motifs is 2. The van der Waals surface area contributed by atoms with Crippen molar-refractivity contribution in [2.45, 2.75) is 38.9 Å². The zero-order chi connectivity index (χ0) is 28.2. The summed E-state index contributed by atoms with van der Waals surface area (Å²) in [7, 11) is 0. The molecule has 0 bridgehead atoms. The van der Waals surface area contributed by atoms with Gasteiger partial charge in [-0.3, -0.25) is 24.2 Å². The Bertz CT molecular complexity index is 1400. The normalized spacial score (nSPS) is 15.5. The van der Waals surface area contributed by atoms with Gasteiger partial charge in [0.15, 0.2) is 0 Å². The maximum absolute atomic E-state index is 13.8. The molecule has 0 unspecified atom stereocenters. The monoisotopic (exact) mass is 577 g/mol. The lowest BCUT2D eigenvalue weighted by atomic mass is 10.0. The summed E-state index contributed by atoms with van der Waals surface area (Å²) in [5.74, 6) is -1.35. The highest BCUT2D eigenvalue weighted by Gasteiger charge is 2.43. The largest absolute Gasteiger partial charge is 0.462 e. The minimum Gasteiger partial charge on any atom is -0.462 e. The van der Waals surface area contributed by atoms with E-state index in [-0.39, 0.29) is 6.61 Å². The number of rotatable bonds is 10. The maximum Gasteiger partial charge on any atom is 0.341 e. The number of nitrogens with one attached hydrogen (secondary N) is 1. The zero-order valence-corrected chi connectivity index (χ0v) is 24.1. The van der Waals surface area contributed by atoms with Crippen molar-refractivity contribution in [3.05, 3.63) is 87.3 Å². The maximum atomic E-state index is 13.8. The number of ether oxygens (including phenoxy) is 1. The Balaban J connectivity index is 1.42. The second kappa shape index (κ2) is 12.4. The van der Waals surface area contributed by atoms with Crippen LogP contribution in [0.2, 0.25) is 0 Å². The first-order valence-corrected chi connectivity index (χ1v) is 15.5. The Morgan fingerprint density at radius 1 is 1.05 bits per heavy atom. The predicted octanol–water partition coefficient (Wildman–Crippen LogP) is 4.84. The van der Waals surface area contributed by atoms with Gasteiger partial charge < -0.3 is 10.1 Å². The molecule has 0 aliphatic carbocycles. The van der Waals surface area contributed by atoms with E-state index in [1.807, 2.05) is 24.5 Å². The van der Waals surface area contributed by atoms with Crippen LogP contribution in [0.1, 0.15) is 60.4 Å². The van der Waals surface area contributed by atoms with E-state index in [1.165, 1.54) is 28.7 Å². The molecule has 0 saturated carbocycles. The van der Waals surface area contributed by atoms with E-state index in [4.69, 9.17) is 4.74 Å². The van der Waals surface area contributed by atoms with Crippen LogP contribution in [0.25, 0.3) is 0 Å². The number of carbonyl (C=O) groups excluding carboxylic acids is 4. The van der Waals surface area contributed by atoms with Gasteiger partial charge in [0.25, 0.3) is 11.8 Å². The SMILES string of the molecule is CCOC(=O)c1c(NC(=O)[C@@H](CCSC)N2C(=O)c3ccccc3C2=O)sc2c1CCN(Cc1ccccc1)C2. The number of imide groups is 1. The number of thiophene rings is 1. The lowest BCUT2D eigenvalue weighted by Crippen LogP contribution is -2.47. The third kappa shape index (κ3) is 5.56. The number of anilines is 1. The molecule has 3 aromatic rings. The summed E-state index contributed by atoms with van der Waals surface area (Å²) in [6, 6.07) is 15.8. The van der Waals surface area contributed by atoms with E-state index in [0.717, 1.165) is 28.4 Å². The molecule has 1 N–H and O–H groups in total. The molecule has 1 aromatic heterocycles. The molecule has 208 valence electrons. The van der Waals surface area contributed by atoms with E-state index in [1.54, 1.807) is 31.2 Å². The molecule has 0 saturated heterocycles. The highest BCUT2D eigenvalue weighted by Crippen LogP contribution is 2.38. The van der Waals surface area contributed by atoms with Crippen molar-refractivity contribution >= 4 is 51.8 Å². The van der Waals surface area contributed by atoms with Crippen LogP contribution in [-0.2, 0) is 29.0 Å². The number of thioether (sulfide) groups is 1. The van der Waals surface area contributed by atoms with E-state index < -0.39 is 29.7 Å². The summed E-state index contributed by atoms with van der Waals surface area (Å²) >= 11 is 2.89. The van der Waals surface area contributed by atoms with Gasteiger partial charge in [0, 0.05) is 24.5 Å². The molecule has 1 atom stereocenters. The second-order valence-electron chi connectivity index (χ2n) is 9.69. The molecule has 40 heavy (non-hydrogen) atoms. The molecular weight excluding hydrogens is 546 g/mol. The fourth-order valence-corrected chi connectivity index (χ4v) is 6.97. The molecule has 2 aliphatic heterocycles. The van der Waals surface area contributed by atoms with Crippen molar-refractivity contribution < 1.29 is 23.9 Å². The smallest absolute Gasteiger partial charge is 0.341 e. The Labute approximate surface area is 241 Å². The van der Waals surface area contributed by atoms with Gasteiger partial charge in [0.1, 0.15) is 11.0 Å². The van der Waals surface area contributed by atoms with Crippen molar-refractivity contribution in [2.24, 2.45) is 0 Å². The Morgan fingerprint density at radius 2 is 1.73 bits per heavy atom. The average Bonchev–Trinajstić information content (AvgIpc) is 3.43. The number of esters is 1. The molecular formula is C30H31N3O5S2. The minimum atomic E-state index is -1.01. The van der Waals surface area contributed by atoms with Crippen LogP contribution in [0.15, 0.2) is 54.6 Å². The Hall–Kier alpha value is -3.47. The molecule has 2 aromatic carbocycles. The summed E-state index contributed by atoms with van der Waals surface area (Å²) < 4.78 is 5.38. The van der Waals surface area contributed by atoms with Crippen molar-refractivity contribution in [3.63, 3.8) is 0 Å². The highest BCUT2D eigenvalue weighted by molar-refractivity contribution is 7.98. The summed E-state index contributed by atoms with van der Waals surface area (Å²) in [6.07, 6.45) is 2.85. The molecule has 0 fully saturated rings. The molecule has 10 heteroatoms. The van der Waals surface area contributed by atoms with Crippen LogP contribution in [0, 0.1) is 0 Å². The van der Waals surface area contributed by atoms with Gasteiger partial charge in [-0.1, -0.05) is 42.5 Å². The topological polar surface area (TPSA) is 96.0 Å². The zero-order valence-electron chi connectivity index (χ0n) is 22.5. The molecule has 2 aliphatic rings. The fourth-order valence-electron chi connectivity index (χ4n) is 5.23. The van der Waals surface area contributed by atoms with Gasteiger partial charge in [-0.25, -0.2) is 4.79 Å². The van der Waals surface area contributed by atoms with Crippen LogP contribution in [-0.4, -0.2) is 64.7 Å². The van der Waals surface area contributed by atoms with E-state index in [0.29, 0.717) is 46.8 Å². The first-order valence-electron chi connectivity index (χ1n) is 13.3. The Morgan fingerprint density at radius 3 is 2.38 bits per heavy atom. The molecule has 3 amide bonds. The summed E-state index contributed by atoms with van der Waals surface area (Å²) in [6.45, 7) is 4.15. The summed E-state index contributed by atoms with van der Waals surface area (Å²) in [5, 5.41) is 3.33. The number of benzene rings is 2. The fraction of sp³-hybridized carbons (Fsp3) is 0.333. The molecule has 5 rings (SSSR count). The van der Waals surface area contributed by atoms with Gasteiger partial charge in [-0.05, 0) is 55.0 Å². The molecule has 0 spiro atoms. The third-order valence-corrected chi connectivity index (χ3v) is 8.91. The van der Waals surface area contributed by atoms with Crippen LogP contribution < -0.4 is 5.32 Å². The standard InChI is InChI=1S/C30H31N3O5S2/c1-3-38-30(37)25-22-13-15-32(17-19-9-5-4-6-10-19)18-24(22)40-27(25)31-26(34)23(14-16-39-2)33-28(35)20-11-7-8-12-21(20)29(33)36/h4-12,23H,3,13-18H2,1-2H3,(H,31,34)/t23-/m1/s1. The first-order chi connectivity index (χ1) is 19.4. The number of amides is 3. The van der Waals surface area contributed by atoms with Crippen molar-refractivity contribution in [1.29, 1.82) is 0 Å². The molecule has 8 nitrogen and oxygen atoms in total. The van der Waals surface area contributed by atoms with Gasteiger partial charge in [0.05, 0.1) is 23.3 Å². The van der Waals surface area contributed by atoms with Crippen LogP contribution >= 0.6 is 23.1 Å². The summed E-state index contributed by atoms with van der Waals surface area (Å²) in [4.78, 5) is 57.7. The average molecular weight is 578 g/mol. The lowest BCUT2D eigenvalue weighted by molar-refractivity contribution is -0.120. The second-order valence-corrected chi connectivity index (χ2v) is 11.8. The van der Waals surface area contributed by atoms with E-state index >= 15 is 0 Å². The van der Waals surface area contributed by atoms with Gasteiger partial charge in [-0.15, -0.1) is 11.3 Å². The van der Waals surface area contributed by atoms with Crippen molar-refractivity contribution in [3.8, 4) is 0 Å².